The summed E-state index contributed by atoms with van der Waals surface area (Å²) in [5.41, 5.74) is 4.00. The van der Waals surface area contributed by atoms with Crippen molar-refractivity contribution in [3.63, 3.8) is 0 Å². The van der Waals surface area contributed by atoms with Crippen LogP contribution in [-0.4, -0.2) is 23.3 Å². The van der Waals surface area contributed by atoms with Crippen molar-refractivity contribution in [3.05, 3.63) is 65.9 Å². The molecule has 2 heterocycles. The summed E-state index contributed by atoms with van der Waals surface area (Å²) in [6.07, 6.45) is 3.80. The first-order valence-electron chi connectivity index (χ1n) is 8.92. The van der Waals surface area contributed by atoms with Gasteiger partial charge in [0.2, 0.25) is 11.8 Å². The molecule has 0 radical (unpaired) electrons. The smallest absolute Gasteiger partial charge is 0.227 e. The number of nitrogens with zero attached hydrogens (tertiary/aromatic N) is 1. The van der Waals surface area contributed by atoms with E-state index in [-0.39, 0.29) is 11.8 Å². The van der Waals surface area contributed by atoms with Crippen molar-refractivity contribution >= 4 is 28.4 Å². The molecule has 1 aliphatic heterocycles. The van der Waals surface area contributed by atoms with Gasteiger partial charge in [-0.2, -0.15) is 0 Å². The van der Waals surface area contributed by atoms with Gasteiger partial charge in [0.05, 0.1) is 6.42 Å². The Hall–Kier alpha value is -3.08. The number of anilines is 1. The molecule has 1 aromatic heterocycles. The topological polar surface area (TPSA) is 65.2 Å². The molecule has 1 fully saturated rings. The minimum atomic E-state index is -0.00597. The Kier molecular flexibility index (Phi) is 4.44. The largest absolute Gasteiger partial charge is 0.361 e. The molecule has 0 bridgehead atoms. The number of benzene rings is 2. The summed E-state index contributed by atoms with van der Waals surface area (Å²) in [6.45, 7) is 1.27. The monoisotopic (exact) mass is 347 g/mol. The van der Waals surface area contributed by atoms with Gasteiger partial charge in [-0.25, -0.2) is 0 Å². The third-order valence-electron chi connectivity index (χ3n) is 4.84. The normalized spacial score (nSPS) is 14.2. The van der Waals surface area contributed by atoms with E-state index >= 15 is 0 Å². The van der Waals surface area contributed by atoms with Crippen molar-refractivity contribution in [2.24, 2.45) is 0 Å². The molecule has 3 aromatic rings. The number of fused-ring (bicyclic) bond motifs is 1. The SMILES string of the molecule is O=C(Cc1c[nH]c2ccccc12)NCc1ccc(N2CCCC2=O)cc1. The molecule has 0 aliphatic carbocycles. The maximum absolute atomic E-state index is 12.3. The van der Waals surface area contributed by atoms with Crippen LogP contribution in [0.2, 0.25) is 0 Å². The van der Waals surface area contributed by atoms with Gasteiger partial charge in [-0.15, -0.1) is 0 Å². The Morgan fingerprint density at radius 1 is 1.12 bits per heavy atom. The molecular weight excluding hydrogens is 326 g/mol. The fourth-order valence-electron chi connectivity index (χ4n) is 3.43. The Labute approximate surface area is 152 Å². The van der Waals surface area contributed by atoms with Gasteiger partial charge in [0.1, 0.15) is 0 Å². The highest BCUT2D eigenvalue weighted by molar-refractivity contribution is 5.95. The quantitative estimate of drug-likeness (QED) is 0.745. The van der Waals surface area contributed by atoms with Gasteiger partial charge in [0, 0.05) is 42.3 Å². The zero-order chi connectivity index (χ0) is 17.9. The van der Waals surface area contributed by atoms with E-state index in [4.69, 9.17) is 0 Å². The van der Waals surface area contributed by atoms with E-state index in [1.165, 1.54) is 0 Å². The van der Waals surface area contributed by atoms with E-state index in [1.807, 2.05) is 59.6 Å². The summed E-state index contributed by atoms with van der Waals surface area (Å²) >= 11 is 0. The minimum absolute atomic E-state index is 0.00597. The first kappa shape index (κ1) is 16.4. The van der Waals surface area contributed by atoms with Crippen LogP contribution >= 0.6 is 0 Å². The van der Waals surface area contributed by atoms with Crippen LogP contribution in [0.4, 0.5) is 5.69 Å². The molecule has 0 atom stereocenters. The number of hydrogen-bond acceptors (Lipinski definition) is 2. The van der Waals surface area contributed by atoms with Crippen LogP contribution in [0, 0.1) is 0 Å². The van der Waals surface area contributed by atoms with Crippen LogP contribution in [0.5, 0.6) is 0 Å². The van der Waals surface area contributed by atoms with Crippen molar-refractivity contribution in [3.8, 4) is 0 Å². The fourth-order valence-corrected chi connectivity index (χ4v) is 3.43. The maximum Gasteiger partial charge on any atom is 0.227 e. The van der Waals surface area contributed by atoms with Crippen LogP contribution in [-0.2, 0) is 22.6 Å². The molecule has 0 saturated carbocycles. The summed E-state index contributed by atoms with van der Waals surface area (Å²) in [5.74, 6) is 0.179. The Morgan fingerprint density at radius 3 is 2.69 bits per heavy atom. The number of hydrogen-bond donors (Lipinski definition) is 2. The predicted octanol–water partition coefficient (Wildman–Crippen LogP) is 3.15. The second-order valence-corrected chi connectivity index (χ2v) is 6.63. The van der Waals surface area contributed by atoms with Gasteiger partial charge in [-0.05, 0) is 35.7 Å². The van der Waals surface area contributed by atoms with E-state index < -0.39 is 0 Å². The maximum atomic E-state index is 12.3. The summed E-state index contributed by atoms with van der Waals surface area (Å²) in [7, 11) is 0. The lowest BCUT2D eigenvalue weighted by molar-refractivity contribution is -0.120. The van der Waals surface area contributed by atoms with E-state index in [2.05, 4.69) is 10.3 Å². The van der Waals surface area contributed by atoms with Gasteiger partial charge < -0.3 is 15.2 Å². The standard InChI is InChI=1S/C21H21N3O2/c25-20(12-16-14-22-19-5-2-1-4-18(16)19)23-13-15-7-9-17(10-8-15)24-11-3-6-21(24)26/h1-2,4-5,7-10,14,22H,3,6,11-13H2,(H,23,25). The zero-order valence-electron chi connectivity index (χ0n) is 14.5. The lowest BCUT2D eigenvalue weighted by atomic mass is 10.1. The number of rotatable bonds is 5. The van der Waals surface area contributed by atoms with Gasteiger partial charge in [0.15, 0.2) is 0 Å². The number of aromatic nitrogens is 1. The average Bonchev–Trinajstić information content (AvgIpc) is 3.27. The molecule has 5 heteroatoms. The Bertz CT molecular complexity index is 943. The van der Waals surface area contributed by atoms with E-state index in [0.29, 0.717) is 19.4 Å². The fraction of sp³-hybridized carbons (Fsp3) is 0.238. The molecule has 0 unspecified atom stereocenters. The number of carbonyl (C=O) groups excluding carboxylic acids is 2. The number of H-pyrrole nitrogens is 1. The first-order chi connectivity index (χ1) is 12.7. The lowest BCUT2D eigenvalue weighted by Crippen LogP contribution is -2.25. The van der Waals surface area contributed by atoms with E-state index in [0.717, 1.165) is 40.7 Å². The number of para-hydroxylation sites is 1. The Morgan fingerprint density at radius 2 is 1.92 bits per heavy atom. The molecule has 1 saturated heterocycles. The molecule has 26 heavy (non-hydrogen) atoms. The first-order valence-corrected chi connectivity index (χ1v) is 8.92. The highest BCUT2D eigenvalue weighted by Crippen LogP contribution is 2.21. The minimum Gasteiger partial charge on any atom is -0.361 e. The summed E-state index contributed by atoms with van der Waals surface area (Å²) < 4.78 is 0. The van der Waals surface area contributed by atoms with Crippen LogP contribution in [0.15, 0.2) is 54.7 Å². The molecule has 4 rings (SSSR count). The van der Waals surface area contributed by atoms with Crippen LogP contribution < -0.4 is 10.2 Å². The van der Waals surface area contributed by atoms with E-state index in [9.17, 15) is 9.59 Å². The summed E-state index contributed by atoms with van der Waals surface area (Å²) in [4.78, 5) is 29.1. The van der Waals surface area contributed by atoms with Crippen LogP contribution in [0.1, 0.15) is 24.0 Å². The molecule has 132 valence electrons. The molecule has 5 nitrogen and oxygen atoms in total. The molecule has 1 aliphatic rings. The molecule has 2 amide bonds. The second-order valence-electron chi connectivity index (χ2n) is 6.63. The highest BCUT2D eigenvalue weighted by Gasteiger charge is 2.21. The summed E-state index contributed by atoms with van der Waals surface area (Å²) in [5, 5.41) is 4.05. The predicted molar refractivity (Wildman–Crippen MR) is 102 cm³/mol. The lowest BCUT2D eigenvalue weighted by Gasteiger charge is -2.16. The Balaban J connectivity index is 1.35. The molecule has 2 aromatic carbocycles. The van der Waals surface area contributed by atoms with E-state index in [1.54, 1.807) is 0 Å². The van der Waals surface area contributed by atoms with Gasteiger partial charge >= 0.3 is 0 Å². The highest BCUT2D eigenvalue weighted by atomic mass is 16.2. The zero-order valence-corrected chi connectivity index (χ0v) is 14.5. The summed E-state index contributed by atoms with van der Waals surface area (Å²) in [6, 6.07) is 15.8. The average molecular weight is 347 g/mol. The van der Waals surface area contributed by atoms with Crippen molar-refractivity contribution in [2.75, 3.05) is 11.4 Å². The number of amides is 2. The van der Waals surface area contributed by atoms with Gasteiger partial charge in [-0.3, -0.25) is 9.59 Å². The van der Waals surface area contributed by atoms with Crippen molar-refractivity contribution in [1.82, 2.24) is 10.3 Å². The van der Waals surface area contributed by atoms with Crippen molar-refractivity contribution in [2.45, 2.75) is 25.8 Å². The molecular formula is C21H21N3O2. The van der Waals surface area contributed by atoms with Crippen molar-refractivity contribution < 1.29 is 9.59 Å². The number of carbonyl (C=O) groups is 2. The third kappa shape index (κ3) is 3.33. The third-order valence-corrected chi connectivity index (χ3v) is 4.84. The van der Waals surface area contributed by atoms with Crippen molar-refractivity contribution in [1.29, 1.82) is 0 Å². The number of aromatic amines is 1. The molecule has 2 N–H and O–H groups in total. The van der Waals surface area contributed by atoms with Gasteiger partial charge in [0.25, 0.3) is 0 Å². The van der Waals surface area contributed by atoms with Gasteiger partial charge in [-0.1, -0.05) is 30.3 Å². The number of nitrogens with one attached hydrogen (secondary N) is 2. The molecule has 0 spiro atoms. The van der Waals surface area contributed by atoms with Crippen LogP contribution in [0.3, 0.4) is 0 Å². The van der Waals surface area contributed by atoms with Crippen LogP contribution in [0.25, 0.3) is 10.9 Å². The second kappa shape index (κ2) is 7.04.